The van der Waals surface area contributed by atoms with Crippen molar-refractivity contribution in [1.29, 1.82) is 0 Å². The molecule has 2 atom stereocenters. The van der Waals surface area contributed by atoms with E-state index in [0.29, 0.717) is 5.92 Å². The SMILES string of the molecule is CC(C)Cn1cnc(S(=O)(=O)NC2CCCNC2C)c1.Cl. The van der Waals surface area contributed by atoms with Crippen LogP contribution in [0.2, 0.25) is 0 Å². The van der Waals surface area contributed by atoms with Crippen molar-refractivity contribution in [3.63, 3.8) is 0 Å². The molecule has 0 saturated carbocycles. The Morgan fingerprint density at radius 2 is 2.24 bits per heavy atom. The highest BCUT2D eigenvalue weighted by atomic mass is 35.5. The molecular weight excluding hydrogens is 312 g/mol. The molecule has 0 bridgehead atoms. The van der Waals surface area contributed by atoms with Crippen molar-refractivity contribution in [1.82, 2.24) is 19.6 Å². The average molecular weight is 337 g/mol. The van der Waals surface area contributed by atoms with Crippen LogP contribution in [0.1, 0.15) is 33.6 Å². The smallest absolute Gasteiger partial charge is 0.259 e. The van der Waals surface area contributed by atoms with E-state index in [-0.39, 0.29) is 29.5 Å². The molecule has 0 spiro atoms. The van der Waals surface area contributed by atoms with Gasteiger partial charge in [0.25, 0.3) is 10.0 Å². The number of hydrogen-bond acceptors (Lipinski definition) is 4. The van der Waals surface area contributed by atoms with Gasteiger partial charge in [0.15, 0.2) is 5.03 Å². The maximum atomic E-state index is 12.3. The number of nitrogens with zero attached hydrogens (tertiary/aromatic N) is 2. The van der Waals surface area contributed by atoms with E-state index in [1.165, 1.54) is 0 Å². The summed E-state index contributed by atoms with van der Waals surface area (Å²) in [5, 5.41) is 3.39. The Morgan fingerprint density at radius 3 is 2.86 bits per heavy atom. The molecular formula is C13H25ClN4O2S. The fourth-order valence-corrected chi connectivity index (χ4v) is 3.77. The highest BCUT2D eigenvalue weighted by Crippen LogP contribution is 2.13. The molecule has 8 heteroatoms. The third-order valence-electron chi connectivity index (χ3n) is 3.53. The van der Waals surface area contributed by atoms with Gasteiger partial charge in [-0.15, -0.1) is 12.4 Å². The fourth-order valence-electron chi connectivity index (χ4n) is 2.46. The number of imidazole rings is 1. The number of piperidine rings is 1. The molecule has 1 aliphatic rings. The Morgan fingerprint density at radius 1 is 1.52 bits per heavy atom. The number of aromatic nitrogens is 2. The molecule has 0 aliphatic carbocycles. The Kier molecular flexibility index (Phi) is 6.65. The van der Waals surface area contributed by atoms with Gasteiger partial charge < -0.3 is 9.88 Å². The lowest BCUT2D eigenvalue weighted by atomic mass is 10.0. The summed E-state index contributed by atoms with van der Waals surface area (Å²) in [5.74, 6) is 0.454. The molecule has 6 nitrogen and oxygen atoms in total. The summed E-state index contributed by atoms with van der Waals surface area (Å²) in [5.41, 5.74) is 0. The molecule has 2 rings (SSSR count). The van der Waals surface area contributed by atoms with E-state index in [9.17, 15) is 8.42 Å². The largest absolute Gasteiger partial charge is 0.336 e. The summed E-state index contributed by atoms with van der Waals surface area (Å²) in [7, 11) is -3.53. The lowest BCUT2D eigenvalue weighted by molar-refractivity contribution is 0.348. The van der Waals surface area contributed by atoms with Gasteiger partial charge >= 0.3 is 0 Å². The third-order valence-corrected chi connectivity index (χ3v) is 4.90. The molecule has 122 valence electrons. The molecule has 1 aliphatic heterocycles. The fraction of sp³-hybridized carbons (Fsp3) is 0.769. The third kappa shape index (κ3) is 4.95. The van der Waals surface area contributed by atoms with Crippen LogP contribution in [0.4, 0.5) is 0 Å². The van der Waals surface area contributed by atoms with E-state index in [1.807, 2.05) is 11.5 Å². The minimum Gasteiger partial charge on any atom is -0.336 e. The van der Waals surface area contributed by atoms with Gasteiger partial charge in [-0.05, 0) is 32.2 Å². The highest BCUT2D eigenvalue weighted by Gasteiger charge is 2.27. The lowest BCUT2D eigenvalue weighted by Gasteiger charge is -2.30. The molecule has 2 heterocycles. The van der Waals surface area contributed by atoms with Gasteiger partial charge in [-0.2, -0.15) is 0 Å². The zero-order valence-corrected chi connectivity index (χ0v) is 14.4. The normalized spacial score (nSPS) is 23.0. The Balaban J connectivity index is 0.00000220. The Hall–Kier alpha value is -0.630. The number of nitrogens with one attached hydrogen (secondary N) is 2. The quantitative estimate of drug-likeness (QED) is 0.851. The van der Waals surface area contributed by atoms with E-state index in [4.69, 9.17) is 0 Å². The summed E-state index contributed by atoms with van der Waals surface area (Å²) in [6.45, 7) is 7.89. The lowest BCUT2D eigenvalue weighted by Crippen LogP contribution is -2.51. The number of hydrogen-bond donors (Lipinski definition) is 2. The predicted molar refractivity (Wildman–Crippen MR) is 85.1 cm³/mol. The van der Waals surface area contributed by atoms with Crippen LogP contribution in [0, 0.1) is 5.92 Å². The van der Waals surface area contributed by atoms with Gasteiger partial charge in [-0.25, -0.2) is 18.1 Å². The topological polar surface area (TPSA) is 76.0 Å². The summed E-state index contributed by atoms with van der Waals surface area (Å²) in [6.07, 6.45) is 5.03. The van der Waals surface area contributed by atoms with E-state index in [1.54, 1.807) is 12.5 Å². The molecule has 1 saturated heterocycles. The van der Waals surface area contributed by atoms with Crippen LogP contribution in [-0.4, -0.2) is 36.6 Å². The van der Waals surface area contributed by atoms with Gasteiger partial charge in [0.05, 0.1) is 6.33 Å². The standard InChI is InChI=1S/C13H24N4O2S.ClH/c1-10(2)7-17-8-13(15-9-17)20(18,19)16-12-5-4-6-14-11(12)3;/h8-12,14,16H,4-7H2,1-3H3;1H. The van der Waals surface area contributed by atoms with Gasteiger partial charge in [0.1, 0.15) is 0 Å². The molecule has 0 amide bonds. The van der Waals surface area contributed by atoms with E-state index in [2.05, 4.69) is 28.9 Å². The Bertz CT molecular complexity index is 544. The zero-order valence-electron chi connectivity index (χ0n) is 12.7. The van der Waals surface area contributed by atoms with Crippen LogP contribution in [0.3, 0.4) is 0 Å². The van der Waals surface area contributed by atoms with Gasteiger partial charge in [-0.3, -0.25) is 0 Å². The minimum atomic E-state index is -3.53. The van der Waals surface area contributed by atoms with Crippen molar-refractivity contribution < 1.29 is 8.42 Å². The molecule has 1 fully saturated rings. The van der Waals surface area contributed by atoms with Crippen molar-refractivity contribution in [2.75, 3.05) is 6.54 Å². The van der Waals surface area contributed by atoms with Crippen molar-refractivity contribution in [2.24, 2.45) is 5.92 Å². The first kappa shape index (κ1) is 18.4. The predicted octanol–water partition coefficient (Wildman–Crippen LogP) is 1.38. The summed E-state index contributed by atoms with van der Waals surface area (Å²) >= 11 is 0. The van der Waals surface area contributed by atoms with Gasteiger partial charge in [0.2, 0.25) is 0 Å². The Labute approximate surface area is 133 Å². The summed E-state index contributed by atoms with van der Waals surface area (Å²) in [6, 6.07) is 0.0836. The number of halogens is 1. The van der Waals surface area contributed by atoms with Crippen LogP contribution >= 0.6 is 12.4 Å². The first-order valence-corrected chi connectivity index (χ1v) is 8.64. The first-order chi connectivity index (χ1) is 9.38. The first-order valence-electron chi connectivity index (χ1n) is 7.16. The van der Waals surface area contributed by atoms with Crippen LogP contribution in [-0.2, 0) is 16.6 Å². The van der Waals surface area contributed by atoms with Crippen molar-refractivity contribution in [3.8, 4) is 0 Å². The molecule has 1 aromatic heterocycles. The maximum Gasteiger partial charge on any atom is 0.259 e. The second kappa shape index (κ2) is 7.58. The molecule has 0 radical (unpaired) electrons. The minimum absolute atomic E-state index is 0. The molecule has 2 N–H and O–H groups in total. The van der Waals surface area contributed by atoms with Crippen LogP contribution in [0.15, 0.2) is 17.6 Å². The molecule has 2 unspecified atom stereocenters. The zero-order chi connectivity index (χ0) is 14.8. The van der Waals surface area contributed by atoms with Gasteiger partial charge in [-0.1, -0.05) is 13.8 Å². The van der Waals surface area contributed by atoms with Crippen LogP contribution < -0.4 is 10.0 Å². The second-order valence-electron chi connectivity index (χ2n) is 5.92. The van der Waals surface area contributed by atoms with Crippen molar-refractivity contribution >= 4 is 22.4 Å². The summed E-state index contributed by atoms with van der Waals surface area (Å²) < 4.78 is 29.2. The summed E-state index contributed by atoms with van der Waals surface area (Å²) in [4.78, 5) is 4.02. The number of sulfonamides is 1. The van der Waals surface area contributed by atoms with E-state index in [0.717, 1.165) is 25.9 Å². The highest BCUT2D eigenvalue weighted by molar-refractivity contribution is 7.89. The molecule has 21 heavy (non-hydrogen) atoms. The maximum absolute atomic E-state index is 12.3. The van der Waals surface area contributed by atoms with E-state index < -0.39 is 10.0 Å². The molecule has 0 aromatic carbocycles. The average Bonchev–Trinajstić information content (AvgIpc) is 2.80. The van der Waals surface area contributed by atoms with E-state index >= 15 is 0 Å². The molecule has 1 aromatic rings. The van der Waals surface area contributed by atoms with Crippen LogP contribution in [0.25, 0.3) is 0 Å². The van der Waals surface area contributed by atoms with Crippen LogP contribution in [0.5, 0.6) is 0 Å². The number of rotatable bonds is 5. The second-order valence-corrected chi connectivity index (χ2v) is 7.58. The monoisotopic (exact) mass is 336 g/mol. The van der Waals surface area contributed by atoms with Crippen molar-refractivity contribution in [3.05, 3.63) is 12.5 Å². The van der Waals surface area contributed by atoms with Gasteiger partial charge in [0, 0.05) is 24.8 Å². The van der Waals surface area contributed by atoms with Crippen molar-refractivity contribution in [2.45, 2.75) is 57.3 Å².